The molecule has 0 unspecified atom stereocenters. The average molecular weight is 564 g/mol. The van der Waals surface area contributed by atoms with Crippen LogP contribution in [0.2, 0.25) is 0 Å². The van der Waals surface area contributed by atoms with Gasteiger partial charge in [0.15, 0.2) is 5.82 Å². The number of benzene rings is 1. The maximum Gasteiger partial charge on any atom is 0.268 e. The summed E-state index contributed by atoms with van der Waals surface area (Å²) in [6.07, 6.45) is 4.00. The van der Waals surface area contributed by atoms with Gasteiger partial charge in [0.1, 0.15) is 17.3 Å². The third-order valence-electron chi connectivity index (χ3n) is 6.95. The molecule has 1 saturated heterocycles. The van der Waals surface area contributed by atoms with Gasteiger partial charge in [-0.25, -0.2) is 22.8 Å². The highest BCUT2D eigenvalue weighted by molar-refractivity contribution is 7.90. The number of aryl methyl sites for hydroxylation is 2. The van der Waals surface area contributed by atoms with Gasteiger partial charge in [-0.3, -0.25) is 9.48 Å². The zero-order valence-corrected chi connectivity index (χ0v) is 24.0. The maximum atomic E-state index is 13.5. The van der Waals surface area contributed by atoms with Crippen molar-refractivity contribution in [2.45, 2.75) is 51.2 Å². The normalized spacial score (nSPS) is 16.7. The molecule has 5 rings (SSSR count). The van der Waals surface area contributed by atoms with Gasteiger partial charge in [0, 0.05) is 37.6 Å². The molecule has 0 radical (unpaired) electrons. The number of rotatable bonds is 8. The summed E-state index contributed by atoms with van der Waals surface area (Å²) in [5.41, 5.74) is 1.18. The third kappa shape index (κ3) is 5.57. The lowest BCUT2D eigenvalue weighted by atomic mass is 9.97. The predicted molar refractivity (Wildman–Crippen MR) is 150 cm³/mol. The van der Waals surface area contributed by atoms with Gasteiger partial charge in [-0.05, 0) is 50.8 Å². The van der Waals surface area contributed by atoms with E-state index in [0.717, 1.165) is 12.0 Å². The first-order valence-electron chi connectivity index (χ1n) is 13.0. The van der Waals surface area contributed by atoms with Crippen molar-refractivity contribution in [3.63, 3.8) is 0 Å². The van der Waals surface area contributed by atoms with Crippen LogP contribution in [-0.4, -0.2) is 51.0 Å². The molecule has 11 nitrogen and oxygen atoms in total. The van der Waals surface area contributed by atoms with E-state index in [1.54, 1.807) is 43.0 Å². The van der Waals surface area contributed by atoms with E-state index >= 15 is 0 Å². The van der Waals surface area contributed by atoms with Crippen LogP contribution in [0.25, 0.3) is 5.82 Å². The molecule has 0 saturated carbocycles. The van der Waals surface area contributed by atoms with E-state index in [1.807, 2.05) is 30.3 Å². The number of nitrogens with one attached hydrogen (secondary N) is 1. The second-order valence-corrected chi connectivity index (χ2v) is 12.5. The van der Waals surface area contributed by atoms with Gasteiger partial charge < -0.3 is 9.64 Å². The van der Waals surface area contributed by atoms with E-state index in [0.29, 0.717) is 42.3 Å². The Kier molecular flexibility index (Phi) is 7.13. The lowest BCUT2D eigenvalue weighted by Gasteiger charge is -2.34. The second kappa shape index (κ2) is 10.4. The van der Waals surface area contributed by atoms with Crippen LogP contribution >= 0.6 is 0 Å². The summed E-state index contributed by atoms with van der Waals surface area (Å²) >= 11 is 0. The van der Waals surface area contributed by atoms with E-state index in [9.17, 15) is 13.2 Å². The molecule has 40 heavy (non-hydrogen) atoms. The Morgan fingerprint density at radius 3 is 2.52 bits per heavy atom. The number of carbonyl (C=O) groups excluding carboxylic acids is 1. The summed E-state index contributed by atoms with van der Waals surface area (Å²) in [5, 5.41) is 8.60. The molecular formula is C28H33N7O4S. The topological polar surface area (TPSA) is 124 Å². The largest absolute Gasteiger partial charge is 0.472 e. The summed E-state index contributed by atoms with van der Waals surface area (Å²) in [5.74, 6) is 0.898. The predicted octanol–water partition coefficient (Wildman–Crippen LogP) is 3.63. The second-order valence-electron chi connectivity index (χ2n) is 10.8. The standard InChI is InChI=1S/C28H33N7O4S/c1-19-15-28(3,4)34(16-19)26-22(27(36)32-40(37,38)23-17-33(5)30-20(23)2)11-12-24(29-26)35-14-13-25(31-35)39-18-21-9-7-6-8-10-21/h6-14,17,19H,15-16,18H2,1-5H3,(H,32,36)/t19-/m0/s1. The van der Waals surface area contributed by atoms with Gasteiger partial charge in [0.25, 0.3) is 15.9 Å². The van der Waals surface area contributed by atoms with Crippen molar-refractivity contribution in [2.24, 2.45) is 13.0 Å². The molecule has 1 amide bonds. The van der Waals surface area contributed by atoms with Crippen molar-refractivity contribution in [3.05, 3.63) is 77.7 Å². The molecule has 1 aliphatic heterocycles. The first kappa shape index (κ1) is 27.4. The zero-order valence-electron chi connectivity index (χ0n) is 23.2. The van der Waals surface area contributed by atoms with E-state index < -0.39 is 15.9 Å². The summed E-state index contributed by atoms with van der Waals surface area (Å²) in [7, 11) is -2.53. The lowest BCUT2D eigenvalue weighted by molar-refractivity contribution is 0.0981. The molecule has 0 spiro atoms. The fourth-order valence-electron chi connectivity index (χ4n) is 5.23. The molecule has 0 aliphatic carbocycles. The molecule has 1 fully saturated rings. The first-order chi connectivity index (χ1) is 18.9. The van der Waals surface area contributed by atoms with Gasteiger partial charge >= 0.3 is 0 Å². The number of nitrogens with zero attached hydrogens (tertiary/aromatic N) is 6. The Labute approximate surface area is 233 Å². The highest BCUT2D eigenvalue weighted by atomic mass is 32.2. The van der Waals surface area contributed by atoms with Gasteiger partial charge in [0.05, 0.1) is 11.3 Å². The van der Waals surface area contributed by atoms with E-state index in [1.165, 1.54) is 10.9 Å². The number of hydrogen-bond donors (Lipinski definition) is 1. The van der Waals surface area contributed by atoms with Crippen molar-refractivity contribution in [3.8, 4) is 11.7 Å². The molecule has 0 bridgehead atoms. The molecule has 4 aromatic rings. The van der Waals surface area contributed by atoms with Crippen molar-refractivity contribution in [1.29, 1.82) is 0 Å². The van der Waals surface area contributed by atoms with Crippen molar-refractivity contribution in [1.82, 2.24) is 29.3 Å². The smallest absolute Gasteiger partial charge is 0.268 e. The van der Waals surface area contributed by atoms with Crippen LogP contribution < -0.4 is 14.4 Å². The van der Waals surface area contributed by atoms with Gasteiger partial charge in [-0.1, -0.05) is 37.3 Å². The van der Waals surface area contributed by atoms with Crippen LogP contribution in [0.4, 0.5) is 5.82 Å². The molecule has 4 heterocycles. The molecule has 1 atom stereocenters. The Balaban J connectivity index is 1.46. The van der Waals surface area contributed by atoms with Crippen LogP contribution in [-0.2, 0) is 23.7 Å². The van der Waals surface area contributed by atoms with Gasteiger partial charge in [-0.2, -0.15) is 5.10 Å². The highest BCUT2D eigenvalue weighted by Gasteiger charge is 2.39. The molecule has 1 N–H and O–H groups in total. The van der Waals surface area contributed by atoms with Gasteiger partial charge in [0.2, 0.25) is 5.88 Å². The summed E-state index contributed by atoms with van der Waals surface area (Å²) < 4.78 is 37.2. The van der Waals surface area contributed by atoms with Crippen LogP contribution in [0.5, 0.6) is 5.88 Å². The minimum absolute atomic E-state index is 0.0517. The number of hydrogen-bond acceptors (Lipinski definition) is 8. The molecular weight excluding hydrogens is 530 g/mol. The molecule has 12 heteroatoms. The molecule has 1 aromatic carbocycles. The Morgan fingerprint density at radius 1 is 1.12 bits per heavy atom. The minimum atomic E-state index is -4.15. The Bertz CT molecular complexity index is 1640. The molecule has 1 aliphatic rings. The van der Waals surface area contributed by atoms with Crippen molar-refractivity contribution < 1.29 is 17.9 Å². The van der Waals surface area contributed by atoms with Crippen LogP contribution in [0.1, 0.15) is 48.8 Å². The SMILES string of the molecule is Cc1nn(C)cc1S(=O)(=O)NC(=O)c1ccc(-n2ccc(OCc3ccccc3)n2)nc1N1C[C@@H](C)CC1(C)C. The number of sulfonamides is 1. The Morgan fingerprint density at radius 2 is 1.88 bits per heavy atom. The number of carbonyl (C=O) groups is 1. The van der Waals surface area contributed by atoms with Crippen LogP contribution in [0.15, 0.2) is 65.8 Å². The van der Waals surface area contributed by atoms with Crippen molar-refractivity contribution >= 4 is 21.7 Å². The quantitative estimate of drug-likeness (QED) is 0.345. The minimum Gasteiger partial charge on any atom is -0.472 e. The highest BCUT2D eigenvalue weighted by Crippen LogP contribution is 2.37. The number of anilines is 1. The van der Waals surface area contributed by atoms with Gasteiger partial charge in [-0.15, -0.1) is 5.10 Å². The Hall–Kier alpha value is -4.19. The number of amides is 1. The summed E-state index contributed by atoms with van der Waals surface area (Å²) in [6, 6.07) is 14.8. The summed E-state index contributed by atoms with van der Waals surface area (Å²) in [6.45, 7) is 8.95. The average Bonchev–Trinajstić information content (AvgIpc) is 3.58. The molecule has 210 valence electrons. The van der Waals surface area contributed by atoms with Crippen molar-refractivity contribution in [2.75, 3.05) is 11.4 Å². The van der Waals surface area contributed by atoms with E-state index in [-0.39, 0.29) is 16.0 Å². The number of ether oxygens (including phenoxy) is 1. The molecule has 3 aromatic heterocycles. The monoisotopic (exact) mass is 563 g/mol. The van der Waals surface area contributed by atoms with E-state index in [4.69, 9.17) is 9.72 Å². The maximum absolute atomic E-state index is 13.5. The van der Waals surface area contributed by atoms with E-state index in [2.05, 4.69) is 40.6 Å². The third-order valence-corrected chi connectivity index (χ3v) is 8.38. The van der Waals surface area contributed by atoms with Crippen LogP contribution in [0.3, 0.4) is 0 Å². The summed E-state index contributed by atoms with van der Waals surface area (Å²) in [4.78, 5) is 20.3. The number of pyridine rings is 1. The van der Waals surface area contributed by atoms with Crippen LogP contribution in [0, 0.1) is 12.8 Å². The lowest BCUT2D eigenvalue weighted by Crippen LogP contribution is -2.41. The zero-order chi connectivity index (χ0) is 28.7. The fraction of sp³-hybridized carbons (Fsp3) is 0.357. The first-order valence-corrected chi connectivity index (χ1v) is 14.5. The fourth-order valence-corrected chi connectivity index (χ4v) is 6.41. The number of aromatic nitrogens is 5.